The Hall–Kier alpha value is -1.86. The van der Waals surface area contributed by atoms with Crippen molar-refractivity contribution < 1.29 is 4.42 Å². The van der Waals surface area contributed by atoms with E-state index in [1.54, 1.807) is 29.4 Å². The highest BCUT2D eigenvalue weighted by atomic mass is 32.2. The molecule has 0 spiro atoms. The van der Waals surface area contributed by atoms with Crippen LogP contribution in [-0.4, -0.2) is 20.9 Å². The second-order valence-electron chi connectivity index (χ2n) is 4.26. The van der Waals surface area contributed by atoms with Crippen molar-refractivity contribution in [3.8, 4) is 0 Å². The predicted octanol–water partition coefficient (Wildman–Crippen LogP) is 3.47. The van der Waals surface area contributed by atoms with Crippen LogP contribution in [0, 0.1) is 0 Å². The van der Waals surface area contributed by atoms with Crippen LogP contribution in [0.2, 0.25) is 0 Å². The highest BCUT2D eigenvalue weighted by molar-refractivity contribution is 8.01. The Balaban J connectivity index is 1.44. The maximum Gasteiger partial charge on any atom is 0.206 e. The van der Waals surface area contributed by atoms with Gasteiger partial charge < -0.3 is 9.73 Å². The molecule has 0 radical (unpaired) electrons. The molecule has 0 unspecified atom stereocenters. The number of hydrogen-bond donors (Lipinski definition) is 1. The number of hydrogen-bond acceptors (Lipinski definition) is 7. The summed E-state index contributed by atoms with van der Waals surface area (Å²) in [5.74, 6) is 1.87. The molecule has 0 saturated heterocycles. The second kappa shape index (κ2) is 7.24. The molecule has 0 saturated carbocycles. The number of thioether (sulfide) groups is 1. The fraction of sp³-hybridized carbons (Fsp3) is 0.214. The van der Waals surface area contributed by atoms with Crippen molar-refractivity contribution >= 4 is 28.2 Å². The van der Waals surface area contributed by atoms with E-state index in [-0.39, 0.29) is 0 Å². The Morgan fingerprint density at radius 1 is 1.19 bits per heavy atom. The van der Waals surface area contributed by atoms with Crippen LogP contribution in [-0.2, 0) is 13.0 Å². The van der Waals surface area contributed by atoms with Crippen LogP contribution in [0.15, 0.2) is 51.7 Å². The number of pyridine rings is 1. The summed E-state index contributed by atoms with van der Waals surface area (Å²) in [5, 5.41) is 12.3. The summed E-state index contributed by atoms with van der Waals surface area (Å²) < 4.78 is 6.24. The van der Waals surface area contributed by atoms with E-state index in [4.69, 9.17) is 4.42 Å². The largest absolute Gasteiger partial charge is 0.467 e. The van der Waals surface area contributed by atoms with Crippen LogP contribution in [0.5, 0.6) is 0 Å². The van der Waals surface area contributed by atoms with Crippen LogP contribution in [0.1, 0.15) is 11.3 Å². The number of aryl methyl sites for hydroxylation is 1. The fourth-order valence-corrected chi connectivity index (χ4v) is 3.53. The predicted molar refractivity (Wildman–Crippen MR) is 84.6 cm³/mol. The highest BCUT2D eigenvalue weighted by Crippen LogP contribution is 2.26. The number of anilines is 1. The second-order valence-corrected chi connectivity index (χ2v) is 6.58. The van der Waals surface area contributed by atoms with Crippen LogP contribution in [0.4, 0.5) is 5.13 Å². The third-order valence-electron chi connectivity index (χ3n) is 2.77. The average molecular weight is 318 g/mol. The first-order valence-electron chi connectivity index (χ1n) is 6.51. The fourth-order valence-electron chi connectivity index (χ4n) is 1.72. The van der Waals surface area contributed by atoms with E-state index in [1.165, 1.54) is 5.56 Å². The highest BCUT2D eigenvalue weighted by Gasteiger charge is 2.05. The van der Waals surface area contributed by atoms with E-state index in [9.17, 15) is 0 Å². The summed E-state index contributed by atoms with van der Waals surface area (Å²) in [7, 11) is 0. The molecule has 1 N–H and O–H groups in total. The Kier molecular flexibility index (Phi) is 4.86. The first-order valence-corrected chi connectivity index (χ1v) is 8.32. The van der Waals surface area contributed by atoms with Gasteiger partial charge in [0.05, 0.1) is 12.8 Å². The van der Waals surface area contributed by atoms with Gasteiger partial charge in [0.2, 0.25) is 5.13 Å². The molecule has 7 heteroatoms. The van der Waals surface area contributed by atoms with Gasteiger partial charge in [0.1, 0.15) is 5.76 Å². The molecule has 0 aliphatic rings. The van der Waals surface area contributed by atoms with Gasteiger partial charge in [-0.3, -0.25) is 4.98 Å². The Morgan fingerprint density at radius 2 is 2.10 bits per heavy atom. The molecule has 0 aliphatic heterocycles. The lowest BCUT2D eigenvalue weighted by Crippen LogP contribution is -1.96. The molecule has 0 bridgehead atoms. The topological polar surface area (TPSA) is 63.8 Å². The summed E-state index contributed by atoms with van der Waals surface area (Å²) in [5.41, 5.74) is 1.29. The molecule has 0 amide bonds. The van der Waals surface area contributed by atoms with Gasteiger partial charge >= 0.3 is 0 Å². The maximum atomic E-state index is 5.26. The molecule has 3 heterocycles. The lowest BCUT2D eigenvalue weighted by Gasteiger charge is -1.98. The number of furan rings is 1. The van der Waals surface area contributed by atoms with E-state index in [2.05, 4.69) is 20.5 Å². The number of aromatic nitrogens is 3. The van der Waals surface area contributed by atoms with E-state index < -0.39 is 0 Å². The van der Waals surface area contributed by atoms with Gasteiger partial charge in [-0.25, -0.2) is 0 Å². The third kappa shape index (κ3) is 4.30. The zero-order valence-electron chi connectivity index (χ0n) is 11.2. The van der Waals surface area contributed by atoms with Gasteiger partial charge in [-0.1, -0.05) is 23.1 Å². The molecule has 3 rings (SSSR count). The van der Waals surface area contributed by atoms with Gasteiger partial charge in [0.25, 0.3) is 0 Å². The SMILES string of the molecule is c1coc(CNc2nnc(SCCc3ccncc3)s2)c1. The maximum absolute atomic E-state index is 5.26. The van der Waals surface area contributed by atoms with Crippen molar-refractivity contribution in [1.82, 2.24) is 15.2 Å². The van der Waals surface area contributed by atoms with E-state index in [1.807, 2.05) is 36.7 Å². The van der Waals surface area contributed by atoms with Crippen molar-refractivity contribution in [3.05, 3.63) is 54.2 Å². The van der Waals surface area contributed by atoms with Crippen molar-refractivity contribution in [3.63, 3.8) is 0 Å². The molecule has 5 nitrogen and oxygen atoms in total. The molecule has 0 atom stereocenters. The minimum absolute atomic E-state index is 0.628. The van der Waals surface area contributed by atoms with Crippen LogP contribution in [0.25, 0.3) is 0 Å². The van der Waals surface area contributed by atoms with Crippen LogP contribution < -0.4 is 5.32 Å². The quantitative estimate of drug-likeness (QED) is 0.673. The lowest BCUT2D eigenvalue weighted by atomic mass is 10.2. The van der Waals surface area contributed by atoms with Crippen LogP contribution in [0.3, 0.4) is 0 Å². The number of rotatable bonds is 7. The molecule has 0 aromatic carbocycles. The van der Waals surface area contributed by atoms with E-state index in [0.717, 1.165) is 27.4 Å². The number of nitrogens with zero attached hydrogens (tertiary/aromatic N) is 3. The molecule has 108 valence electrons. The zero-order valence-corrected chi connectivity index (χ0v) is 12.9. The third-order valence-corrected chi connectivity index (χ3v) is 4.78. The summed E-state index contributed by atoms with van der Waals surface area (Å²) in [6.45, 7) is 0.628. The first kappa shape index (κ1) is 14.1. The Bertz CT molecular complexity index is 655. The molecule has 21 heavy (non-hydrogen) atoms. The van der Waals surface area contributed by atoms with Gasteiger partial charge in [-0.15, -0.1) is 10.2 Å². The van der Waals surface area contributed by atoms with E-state index >= 15 is 0 Å². The minimum atomic E-state index is 0.628. The zero-order chi connectivity index (χ0) is 14.3. The minimum Gasteiger partial charge on any atom is -0.467 e. The van der Waals surface area contributed by atoms with Gasteiger partial charge in [0, 0.05) is 18.1 Å². The smallest absolute Gasteiger partial charge is 0.206 e. The summed E-state index contributed by atoms with van der Waals surface area (Å²) in [4.78, 5) is 4.01. The van der Waals surface area contributed by atoms with Gasteiger partial charge in [0.15, 0.2) is 4.34 Å². The van der Waals surface area contributed by atoms with Crippen molar-refractivity contribution in [2.24, 2.45) is 0 Å². The molecule has 0 fully saturated rings. The average Bonchev–Trinajstić information content (AvgIpc) is 3.18. The van der Waals surface area contributed by atoms with Gasteiger partial charge in [-0.2, -0.15) is 0 Å². The van der Waals surface area contributed by atoms with Crippen molar-refractivity contribution in [2.75, 3.05) is 11.1 Å². The Morgan fingerprint density at radius 3 is 2.90 bits per heavy atom. The van der Waals surface area contributed by atoms with Gasteiger partial charge in [-0.05, 0) is 36.2 Å². The summed E-state index contributed by atoms with van der Waals surface area (Å²) >= 11 is 3.29. The van der Waals surface area contributed by atoms with E-state index in [0.29, 0.717) is 6.54 Å². The molecular formula is C14H14N4OS2. The first-order chi connectivity index (χ1) is 10.4. The summed E-state index contributed by atoms with van der Waals surface area (Å²) in [6, 6.07) is 7.88. The standard InChI is InChI=1S/C14H14N4OS2/c1-2-12(19-8-1)10-16-13-17-18-14(21-13)20-9-5-11-3-6-15-7-4-11/h1-4,6-8H,5,9-10H2,(H,16,17). The Labute approximate surface area is 130 Å². The summed E-state index contributed by atoms with van der Waals surface area (Å²) in [6.07, 6.45) is 6.31. The molecular weight excluding hydrogens is 304 g/mol. The lowest BCUT2D eigenvalue weighted by molar-refractivity contribution is 0.518. The molecule has 0 aliphatic carbocycles. The molecule has 3 aromatic heterocycles. The molecule has 3 aromatic rings. The van der Waals surface area contributed by atoms with Crippen LogP contribution >= 0.6 is 23.1 Å². The monoisotopic (exact) mass is 318 g/mol. The number of nitrogens with one attached hydrogen (secondary N) is 1. The normalized spacial score (nSPS) is 10.7. The van der Waals surface area contributed by atoms with Crippen molar-refractivity contribution in [1.29, 1.82) is 0 Å². The van der Waals surface area contributed by atoms with Crippen molar-refractivity contribution in [2.45, 2.75) is 17.3 Å².